The van der Waals surface area contributed by atoms with Crippen molar-refractivity contribution in [2.45, 2.75) is 13.0 Å². The maximum absolute atomic E-state index is 6.13. The van der Waals surface area contributed by atoms with E-state index < -0.39 is 0 Å². The molecule has 0 aliphatic carbocycles. The van der Waals surface area contributed by atoms with Gasteiger partial charge in [0.2, 0.25) is 0 Å². The highest BCUT2D eigenvalue weighted by atomic mass is 35.5. The van der Waals surface area contributed by atoms with Crippen LogP contribution < -0.4 is 10.5 Å². The Labute approximate surface area is 115 Å². The van der Waals surface area contributed by atoms with Crippen LogP contribution in [0.25, 0.3) is 0 Å². The summed E-state index contributed by atoms with van der Waals surface area (Å²) in [5, 5.41) is 1.01. The zero-order chi connectivity index (χ0) is 13.1. The van der Waals surface area contributed by atoms with Crippen molar-refractivity contribution < 1.29 is 4.74 Å². The highest BCUT2D eigenvalue weighted by Gasteiger charge is 2.07. The Morgan fingerprint density at radius 2 is 2.00 bits per heavy atom. The van der Waals surface area contributed by atoms with E-state index in [1.807, 2.05) is 13.0 Å². The molecule has 0 fully saturated rings. The van der Waals surface area contributed by atoms with Crippen LogP contribution in [-0.2, 0) is 0 Å². The summed E-state index contributed by atoms with van der Waals surface area (Å²) in [6.45, 7) is 1.90. The topological polar surface area (TPSA) is 48.1 Å². The van der Waals surface area contributed by atoms with Crippen molar-refractivity contribution in [3.8, 4) is 11.5 Å². The third kappa shape index (κ3) is 3.13. The van der Waals surface area contributed by atoms with Crippen LogP contribution in [0.5, 0.6) is 11.5 Å². The summed E-state index contributed by atoms with van der Waals surface area (Å²) in [6.07, 6.45) is 3.11. The van der Waals surface area contributed by atoms with Crippen LogP contribution in [0.15, 0.2) is 36.7 Å². The van der Waals surface area contributed by atoms with E-state index in [1.165, 1.54) is 6.20 Å². The molecular weight excluding hydrogens is 271 g/mol. The fraction of sp³-hybridized carbons (Fsp3) is 0.154. The number of aromatic nitrogens is 1. The number of nitrogens with two attached hydrogens (primary N) is 1. The Morgan fingerprint density at radius 1 is 1.22 bits per heavy atom. The van der Waals surface area contributed by atoms with Crippen LogP contribution >= 0.6 is 23.2 Å². The number of hydrogen-bond acceptors (Lipinski definition) is 3. The minimum absolute atomic E-state index is 0.0654. The van der Waals surface area contributed by atoms with Gasteiger partial charge in [0, 0.05) is 18.3 Å². The summed E-state index contributed by atoms with van der Waals surface area (Å²) < 4.78 is 5.60. The maximum Gasteiger partial charge on any atom is 0.147 e. The molecule has 0 spiro atoms. The summed E-state index contributed by atoms with van der Waals surface area (Å²) in [5.41, 5.74) is 6.73. The van der Waals surface area contributed by atoms with E-state index >= 15 is 0 Å². The van der Waals surface area contributed by atoms with E-state index in [-0.39, 0.29) is 6.04 Å². The Morgan fingerprint density at radius 3 is 2.61 bits per heavy atom. The summed E-state index contributed by atoms with van der Waals surface area (Å²) in [4.78, 5) is 3.94. The largest absolute Gasteiger partial charge is 0.454 e. The van der Waals surface area contributed by atoms with E-state index in [0.717, 1.165) is 5.56 Å². The normalized spacial score (nSPS) is 12.2. The Bertz CT molecular complexity index is 558. The van der Waals surface area contributed by atoms with Crippen molar-refractivity contribution in [2.24, 2.45) is 5.73 Å². The molecule has 94 valence electrons. The molecule has 0 saturated carbocycles. The van der Waals surface area contributed by atoms with Crippen LogP contribution in [0.1, 0.15) is 18.5 Å². The number of pyridine rings is 1. The molecule has 0 radical (unpaired) electrons. The molecule has 2 aromatic rings. The molecule has 18 heavy (non-hydrogen) atoms. The molecule has 1 heterocycles. The predicted octanol–water partition coefficient (Wildman–Crippen LogP) is 4.20. The summed E-state index contributed by atoms with van der Waals surface area (Å²) in [5.74, 6) is 1.09. The van der Waals surface area contributed by atoms with Gasteiger partial charge in [0.1, 0.15) is 11.5 Å². The van der Waals surface area contributed by atoms with Gasteiger partial charge in [-0.1, -0.05) is 29.3 Å². The number of ether oxygens (including phenoxy) is 1. The number of hydrogen-bond donors (Lipinski definition) is 1. The average molecular weight is 283 g/mol. The van der Waals surface area contributed by atoms with Crippen molar-refractivity contribution >= 4 is 23.2 Å². The van der Waals surface area contributed by atoms with Crippen molar-refractivity contribution in [3.63, 3.8) is 0 Å². The first kappa shape index (κ1) is 13.1. The monoisotopic (exact) mass is 282 g/mol. The van der Waals surface area contributed by atoms with Gasteiger partial charge in [-0.25, -0.2) is 0 Å². The van der Waals surface area contributed by atoms with Crippen LogP contribution in [-0.4, -0.2) is 4.98 Å². The molecule has 2 N–H and O–H groups in total. The van der Waals surface area contributed by atoms with Gasteiger partial charge in [-0.05, 0) is 24.6 Å². The second-order valence-electron chi connectivity index (χ2n) is 3.92. The van der Waals surface area contributed by atoms with E-state index in [9.17, 15) is 0 Å². The second kappa shape index (κ2) is 5.57. The van der Waals surface area contributed by atoms with E-state index in [1.54, 1.807) is 24.4 Å². The first-order valence-electron chi connectivity index (χ1n) is 5.39. The molecular formula is C13H12Cl2N2O. The van der Waals surface area contributed by atoms with Gasteiger partial charge in [-0.2, -0.15) is 0 Å². The van der Waals surface area contributed by atoms with E-state index in [0.29, 0.717) is 21.5 Å². The Hall–Kier alpha value is -1.29. The zero-order valence-electron chi connectivity index (χ0n) is 9.73. The number of halogens is 2. The van der Waals surface area contributed by atoms with Crippen molar-refractivity contribution in [2.75, 3.05) is 0 Å². The SMILES string of the molecule is C[C@H](N)c1ccc(Oc2cncc(Cl)c2)c(Cl)c1. The highest BCUT2D eigenvalue weighted by Crippen LogP contribution is 2.31. The lowest BCUT2D eigenvalue weighted by atomic mass is 10.1. The van der Waals surface area contributed by atoms with Gasteiger partial charge in [0.15, 0.2) is 0 Å². The molecule has 5 heteroatoms. The van der Waals surface area contributed by atoms with Gasteiger partial charge in [0.05, 0.1) is 16.2 Å². The van der Waals surface area contributed by atoms with E-state index in [2.05, 4.69) is 4.98 Å². The third-order valence-electron chi connectivity index (χ3n) is 2.39. The van der Waals surface area contributed by atoms with Crippen molar-refractivity contribution in [3.05, 3.63) is 52.3 Å². The molecule has 0 aliphatic rings. The minimum atomic E-state index is -0.0654. The number of benzene rings is 1. The van der Waals surface area contributed by atoms with Crippen LogP contribution in [0, 0.1) is 0 Å². The van der Waals surface area contributed by atoms with Crippen LogP contribution in [0.4, 0.5) is 0 Å². The molecule has 1 aromatic heterocycles. The molecule has 0 unspecified atom stereocenters. The van der Waals surface area contributed by atoms with Crippen molar-refractivity contribution in [1.82, 2.24) is 4.98 Å². The van der Waals surface area contributed by atoms with Crippen molar-refractivity contribution in [1.29, 1.82) is 0 Å². The van der Waals surface area contributed by atoms with Gasteiger partial charge >= 0.3 is 0 Å². The van der Waals surface area contributed by atoms with Gasteiger partial charge in [-0.3, -0.25) is 4.98 Å². The second-order valence-corrected chi connectivity index (χ2v) is 4.76. The molecule has 1 aromatic carbocycles. The van der Waals surface area contributed by atoms with Crippen LogP contribution in [0.3, 0.4) is 0 Å². The third-order valence-corrected chi connectivity index (χ3v) is 2.89. The summed E-state index contributed by atoms with van der Waals surface area (Å²) in [6, 6.07) is 7.06. The van der Waals surface area contributed by atoms with Gasteiger partial charge < -0.3 is 10.5 Å². The quantitative estimate of drug-likeness (QED) is 0.918. The number of nitrogens with zero attached hydrogens (tertiary/aromatic N) is 1. The molecule has 0 aliphatic heterocycles. The molecule has 0 bridgehead atoms. The fourth-order valence-corrected chi connectivity index (χ4v) is 1.85. The van der Waals surface area contributed by atoms with E-state index in [4.69, 9.17) is 33.7 Å². The first-order chi connectivity index (χ1) is 8.56. The summed E-state index contributed by atoms with van der Waals surface area (Å²) >= 11 is 12.0. The maximum atomic E-state index is 6.13. The van der Waals surface area contributed by atoms with Crippen LogP contribution in [0.2, 0.25) is 10.0 Å². The Balaban J connectivity index is 2.24. The van der Waals surface area contributed by atoms with Gasteiger partial charge in [0.25, 0.3) is 0 Å². The minimum Gasteiger partial charge on any atom is -0.454 e. The smallest absolute Gasteiger partial charge is 0.147 e. The lowest BCUT2D eigenvalue weighted by molar-refractivity contribution is 0.480. The molecule has 0 saturated heterocycles. The van der Waals surface area contributed by atoms with Gasteiger partial charge in [-0.15, -0.1) is 0 Å². The fourth-order valence-electron chi connectivity index (χ4n) is 1.46. The summed E-state index contributed by atoms with van der Waals surface area (Å²) in [7, 11) is 0. The average Bonchev–Trinajstić information content (AvgIpc) is 2.31. The Kier molecular flexibility index (Phi) is 4.07. The molecule has 0 amide bonds. The lowest BCUT2D eigenvalue weighted by Crippen LogP contribution is -2.04. The number of rotatable bonds is 3. The molecule has 2 rings (SSSR count). The zero-order valence-corrected chi connectivity index (χ0v) is 11.2. The standard InChI is InChI=1S/C13H12Cl2N2O/c1-8(16)9-2-3-13(12(15)4-9)18-11-5-10(14)6-17-7-11/h2-8H,16H2,1H3/t8-/m0/s1. The first-order valence-corrected chi connectivity index (χ1v) is 6.15. The lowest BCUT2D eigenvalue weighted by Gasteiger charge is -2.10. The predicted molar refractivity (Wildman–Crippen MR) is 73.4 cm³/mol. The molecule has 1 atom stereocenters. The molecule has 3 nitrogen and oxygen atoms in total. The highest BCUT2D eigenvalue weighted by molar-refractivity contribution is 6.32.